The molecule has 0 aliphatic carbocycles. The second-order valence-electron chi connectivity index (χ2n) is 15.1. The third kappa shape index (κ3) is 4.87. The Bertz CT molecular complexity index is 3870. The molecule has 4 heterocycles. The molecule has 13 rings (SSSR count). The normalized spacial score (nSPS) is 12.1. The molecule has 59 heavy (non-hydrogen) atoms. The predicted octanol–water partition coefficient (Wildman–Crippen LogP) is 15.0. The van der Waals surface area contributed by atoms with Gasteiger partial charge in [-0.05, 0) is 63.5 Å². The number of nitrogens with zero attached hydrogens (tertiary/aromatic N) is 3. The van der Waals surface area contributed by atoms with Crippen LogP contribution in [0.25, 0.3) is 131 Å². The van der Waals surface area contributed by atoms with Crippen LogP contribution in [0.4, 0.5) is 0 Å². The van der Waals surface area contributed by atoms with Crippen molar-refractivity contribution in [3.05, 3.63) is 176 Å². The van der Waals surface area contributed by atoms with Gasteiger partial charge in [-0.15, -0.1) is 11.3 Å². The average Bonchev–Trinajstić information content (AvgIpc) is 4.00. The summed E-state index contributed by atoms with van der Waals surface area (Å²) in [5, 5.41) is 11.0. The number of benzene rings is 9. The number of hydrogen-bond acceptors (Lipinski definition) is 6. The zero-order chi connectivity index (χ0) is 38.6. The highest BCUT2D eigenvalue weighted by Gasteiger charge is 2.24. The van der Waals surface area contributed by atoms with E-state index < -0.39 is 0 Å². The second-order valence-corrected chi connectivity index (χ2v) is 16.1. The van der Waals surface area contributed by atoms with Gasteiger partial charge in [-0.25, -0.2) is 15.0 Å². The summed E-state index contributed by atoms with van der Waals surface area (Å²) in [6.45, 7) is 0. The quantitative estimate of drug-likeness (QED) is 0.178. The highest BCUT2D eigenvalue weighted by atomic mass is 32.1. The number of thiophene rings is 1. The van der Waals surface area contributed by atoms with Crippen molar-refractivity contribution in [1.82, 2.24) is 15.0 Å². The second kappa shape index (κ2) is 12.4. The minimum absolute atomic E-state index is 0.540. The van der Waals surface area contributed by atoms with Crippen LogP contribution in [0, 0.1) is 0 Å². The van der Waals surface area contributed by atoms with Gasteiger partial charge >= 0.3 is 0 Å². The molecule has 274 valence electrons. The molecule has 6 heteroatoms. The Labute approximate surface area is 340 Å². The van der Waals surface area contributed by atoms with Crippen LogP contribution in [0.15, 0.2) is 185 Å². The molecule has 13 aromatic rings. The third-order valence-corrected chi connectivity index (χ3v) is 12.8. The van der Waals surface area contributed by atoms with Crippen molar-refractivity contribution in [2.75, 3.05) is 0 Å². The van der Waals surface area contributed by atoms with Crippen molar-refractivity contribution in [1.29, 1.82) is 0 Å². The smallest absolute Gasteiger partial charge is 0.167 e. The third-order valence-electron chi connectivity index (χ3n) is 11.7. The van der Waals surface area contributed by atoms with Gasteiger partial charge in [0.1, 0.15) is 22.3 Å². The predicted molar refractivity (Wildman–Crippen MR) is 244 cm³/mol. The molecule has 0 bridgehead atoms. The maximum absolute atomic E-state index is 6.79. The van der Waals surface area contributed by atoms with Gasteiger partial charge in [-0.1, -0.05) is 140 Å². The Morgan fingerprint density at radius 1 is 0.339 bits per heavy atom. The molecule has 0 unspecified atom stereocenters. The van der Waals surface area contributed by atoms with Gasteiger partial charge in [0.05, 0.1) is 5.56 Å². The first kappa shape index (κ1) is 32.4. The van der Waals surface area contributed by atoms with Crippen LogP contribution < -0.4 is 0 Å². The zero-order valence-electron chi connectivity index (χ0n) is 31.3. The fourth-order valence-electron chi connectivity index (χ4n) is 9.06. The first-order valence-electron chi connectivity index (χ1n) is 19.7. The molecule has 0 saturated heterocycles. The number of rotatable bonds is 4. The lowest BCUT2D eigenvalue weighted by Gasteiger charge is -2.11. The Kier molecular flexibility index (Phi) is 6.82. The maximum Gasteiger partial charge on any atom is 0.167 e. The summed E-state index contributed by atoms with van der Waals surface area (Å²) in [6, 6.07) is 61.4. The molecule has 9 aromatic carbocycles. The van der Waals surface area contributed by atoms with Crippen molar-refractivity contribution in [2.45, 2.75) is 0 Å². The van der Waals surface area contributed by atoms with Crippen LogP contribution in [0.3, 0.4) is 0 Å². The van der Waals surface area contributed by atoms with E-state index in [9.17, 15) is 0 Å². The molecule has 0 N–H and O–H groups in total. The van der Waals surface area contributed by atoms with Gasteiger partial charge in [0, 0.05) is 58.4 Å². The molecule has 0 aliphatic rings. The first-order chi connectivity index (χ1) is 29.2. The fourth-order valence-corrected chi connectivity index (χ4v) is 10.2. The highest BCUT2D eigenvalue weighted by molar-refractivity contribution is 7.25. The standard InChI is InChI=1S/C53H29N3O2S/c1-2-13-31-28-33(27-26-30(31)12-1)35-18-9-19-38-46-39(20-10-23-43(46)58-49(35)38)51-54-52(40-21-11-25-45-47(40)37-17-6-8-24-44(37)59-45)56-53(55-51)41-29-32-14-3-4-15-34(32)48-36-16-5-7-22-42(36)57-50(41)48/h1-29H. The summed E-state index contributed by atoms with van der Waals surface area (Å²) >= 11 is 1.78. The van der Waals surface area contributed by atoms with Crippen molar-refractivity contribution >= 4 is 96.9 Å². The van der Waals surface area contributed by atoms with Gasteiger partial charge in [0.25, 0.3) is 0 Å². The molecule has 0 saturated carbocycles. The zero-order valence-corrected chi connectivity index (χ0v) is 32.1. The Morgan fingerprint density at radius 2 is 0.932 bits per heavy atom. The van der Waals surface area contributed by atoms with E-state index in [0.717, 1.165) is 87.9 Å². The molecule has 0 amide bonds. The highest BCUT2D eigenvalue weighted by Crippen LogP contribution is 2.45. The number of hydrogen-bond donors (Lipinski definition) is 0. The van der Waals surface area contributed by atoms with Gasteiger partial charge in [-0.3, -0.25) is 0 Å². The van der Waals surface area contributed by atoms with Gasteiger partial charge in [0.15, 0.2) is 17.5 Å². The summed E-state index contributed by atoms with van der Waals surface area (Å²) in [6.07, 6.45) is 0. The topological polar surface area (TPSA) is 65.0 Å². The van der Waals surface area contributed by atoms with Crippen molar-refractivity contribution in [3.8, 4) is 45.3 Å². The monoisotopic (exact) mass is 771 g/mol. The summed E-state index contributed by atoms with van der Waals surface area (Å²) in [5.41, 5.74) is 7.93. The lowest BCUT2D eigenvalue weighted by atomic mass is 9.98. The van der Waals surface area contributed by atoms with Crippen LogP contribution in [0.2, 0.25) is 0 Å². The average molecular weight is 772 g/mol. The van der Waals surface area contributed by atoms with E-state index in [2.05, 4.69) is 152 Å². The molecule has 0 spiro atoms. The molecule has 0 radical (unpaired) electrons. The van der Waals surface area contributed by atoms with Crippen molar-refractivity contribution < 1.29 is 8.83 Å². The Hall–Kier alpha value is -7.67. The van der Waals surface area contributed by atoms with Crippen LogP contribution in [-0.4, -0.2) is 15.0 Å². The van der Waals surface area contributed by atoms with Gasteiger partial charge in [-0.2, -0.15) is 0 Å². The summed E-state index contributed by atoms with van der Waals surface area (Å²) in [7, 11) is 0. The van der Waals surface area contributed by atoms with Crippen LogP contribution >= 0.6 is 11.3 Å². The largest absolute Gasteiger partial charge is 0.455 e. The van der Waals surface area contributed by atoms with Gasteiger partial charge < -0.3 is 8.83 Å². The van der Waals surface area contributed by atoms with E-state index >= 15 is 0 Å². The molecule has 0 fully saturated rings. The van der Waals surface area contributed by atoms with Crippen molar-refractivity contribution in [3.63, 3.8) is 0 Å². The minimum Gasteiger partial charge on any atom is -0.455 e. The molecular formula is C53H29N3O2S. The van der Waals surface area contributed by atoms with Crippen LogP contribution in [0.5, 0.6) is 0 Å². The summed E-state index contributed by atoms with van der Waals surface area (Å²) in [4.78, 5) is 16.1. The Morgan fingerprint density at radius 3 is 1.80 bits per heavy atom. The van der Waals surface area contributed by atoms with Crippen molar-refractivity contribution in [2.24, 2.45) is 0 Å². The number of fused-ring (bicyclic) bond motifs is 12. The van der Waals surface area contributed by atoms with E-state index in [1.165, 1.54) is 25.6 Å². The molecule has 5 nitrogen and oxygen atoms in total. The molecule has 0 atom stereocenters. The fraction of sp³-hybridized carbons (Fsp3) is 0. The number of furan rings is 2. The minimum atomic E-state index is 0.540. The molecule has 4 aromatic heterocycles. The van der Waals surface area contributed by atoms with Crippen LogP contribution in [0.1, 0.15) is 0 Å². The molecular weight excluding hydrogens is 743 g/mol. The van der Waals surface area contributed by atoms with Gasteiger partial charge in [0.2, 0.25) is 0 Å². The number of aromatic nitrogens is 3. The van der Waals surface area contributed by atoms with E-state index in [0.29, 0.717) is 17.5 Å². The lowest BCUT2D eigenvalue weighted by molar-refractivity contribution is 0.669. The van der Waals surface area contributed by atoms with Crippen LogP contribution in [-0.2, 0) is 0 Å². The summed E-state index contributed by atoms with van der Waals surface area (Å²) < 4.78 is 15.9. The molecule has 0 aliphatic heterocycles. The SMILES string of the molecule is c1ccc2cc(-c3cccc4c3oc3cccc(-c5nc(-c6cc7ccccc7c7c6oc6ccccc67)nc(-c6cccc7sc8ccccc8c67)n5)c34)ccc2c1. The maximum atomic E-state index is 6.79. The lowest BCUT2D eigenvalue weighted by Crippen LogP contribution is -2.01. The van der Waals surface area contributed by atoms with E-state index in [1.54, 1.807) is 11.3 Å². The first-order valence-corrected chi connectivity index (χ1v) is 20.5. The summed E-state index contributed by atoms with van der Waals surface area (Å²) in [5.74, 6) is 1.69. The van der Waals surface area contributed by atoms with E-state index in [4.69, 9.17) is 23.8 Å². The van der Waals surface area contributed by atoms with E-state index in [1.807, 2.05) is 24.3 Å². The Balaban J connectivity index is 1.11. The van der Waals surface area contributed by atoms with E-state index in [-0.39, 0.29) is 0 Å². The number of para-hydroxylation sites is 2.